The monoisotopic (exact) mass is 187 g/mol. The first-order valence-corrected chi connectivity index (χ1v) is 3.73. The zero-order chi connectivity index (χ0) is 9.78. The summed E-state index contributed by atoms with van der Waals surface area (Å²) in [6, 6.07) is -0.276. The third kappa shape index (κ3) is 5.35. The van der Waals surface area contributed by atoms with E-state index in [1.807, 2.05) is 0 Å². The Bertz CT molecular complexity index is 121. The van der Waals surface area contributed by atoms with Crippen LogP contribution in [0.1, 0.15) is 13.8 Å². The SMILES string of the molecule is CC(C)N(CCF)CC(F)(F)F. The second-order valence-corrected chi connectivity index (χ2v) is 2.87. The van der Waals surface area contributed by atoms with E-state index in [9.17, 15) is 17.6 Å². The maximum atomic E-state index is 11.8. The van der Waals surface area contributed by atoms with Gasteiger partial charge >= 0.3 is 6.18 Å². The van der Waals surface area contributed by atoms with Crippen LogP contribution >= 0.6 is 0 Å². The van der Waals surface area contributed by atoms with Crippen LogP contribution < -0.4 is 0 Å². The van der Waals surface area contributed by atoms with Crippen molar-refractivity contribution in [2.75, 3.05) is 19.8 Å². The van der Waals surface area contributed by atoms with Gasteiger partial charge < -0.3 is 0 Å². The summed E-state index contributed by atoms with van der Waals surface area (Å²) in [5, 5.41) is 0. The predicted octanol–water partition coefficient (Wildman–Crippen LogP) is 2.23. The van der Waals surface area contributed by atoms with Crippen LogP contribution in [0.3, 0.4) is 0 Å². The Balaban J connectivity index is 3.95. The fraction of sp³-hybridized carbons (Fsp3) is 1.00. The molecule has 0 saturated carbocycles. The highest BCUT2D eigenvalue weighted by Gasteiger charge is 2.31. The van der Waals surface area contributed by atoms with E-state index in [2.05, 4.69) is 0 Å². The molecule has 0 radical (unpaired) electrons. The smallest absolute Gasteiger partial charge is 0.290 e. The minimum Gasteiger partial charge on any atom is -0.290 e. The van der Waals surface area contributed by atoms with Crippen molar-refractivity contribution in [1.29, 1.82) is 0 Å². The van der Waals surface area contributed by atoms with Gasteiger partial charge in [0.05, 0.1) is 6.54 Å². The van der Waals surface area contributed by atoms with E-state index in [0.29, 0.717) is 0 Å². The van der Waals surface area contributed by atoms with Gasteiger partial charge in [0, 0.05) is 12.6 Å². The van der Waals surface area contributed by atoms with Gasteiger partial charge in [0.25, 0.3) is 0 Å². The molecule has 0 aromatic carbocycles. The Hall–Kier alpha value is -0.320. The van der Waals surface area contributed by atoms with E-state index < -0.39 is 19.4 Å². The van der Waals surface area contributed by atoms with Crippen LogP contribution in [0, 0.1) is 0 Å². The van der Waals surface area contributed by atoms with Crippen LogP contribution in [0.2, 0.25) is 0 Å². The van der Waals surface area contributed by atoms with Crippen LogP contribution in [0.4, 0.5) is 17.6 Å². The van der Waals surface area contributed by atoms with E-state index in [4.69, 9.17) is 0 Å². The van der Waals surface area contributed by atoms with Gasteiger partial charge in [0.2, 0.25) is 0 Å². The maximum absolute atomic E-state index is 11.8. The zero-order valence-electron chi connectivity index (χ0n) is 7.16. The van der Waals surface area contributed by atoms with Crippen molar-refractivity contribution in [2.45, 2.75) is 26.1 Å². The highest BCUT2D eigenvalue weighted by atomic mass is 19.4. The molecule has 0 heterocycles. The summed E-state index contributed by atoms with van der Waals surface area (Å²) in [5.74, 6) is 0. The summed E-state index contributed by atoms with van der Waals surface area (Å²) >= 11 is 0. The van der Waals surface area contributed by atoms with Crippen LogP contribution in [0.5, 0.6) is 0 Å². The highest BCUT2D eigenvalue weighted by Crippen LogP contribution is 2.17. The number of hydrogen-bond acceptors (Lipinski definition) is 1. The van der Waals surface area contributed by atoms with Crippen LogP contribution in [-0.2, 0) is 0 Å². The lowest BCUT2D eigenvalue weighted by Gasteiger charge is -2.25. The lowest BCUT2D eigenvalue weighted by molar-refractivity contribution is -0.149. The topological polar surface area (TPSA) is 3.24 Å². The molecule has 0 aliphatic carbocycles. The molecule has 1 nitrogen and oxygen atoms in total. The van der Waals surface area contributed by atoms with Crippen molar-refractivity contribution in [2.24, 2.45) is 0 Å². The lowest BCUT2D eigenvalue weighted by Crippen LogP contribution is -2.40. The van der Waals surface area contributed by atoms with Crippen molar-refractivity contribution in [1.82, 2.24) is 4.90 Å². The fourth-order valence-corrected chi connectivity index (χ4v) is 0.859. The molecule has 0 aliphatic rings. The quantitative estimate of drug-likeness (QED) is 0.610. The Kier molecular flexibility index (Phi) is 4.52. The van der Waals surface area contributed by atoms with Crippen LogP contribution in [0.15, 0.2) is 0 Å². The molecule has 5 heteroatoms. The molecular formula is C7H13F4N. The molecule has 0 N–H and O–H groups in total. The minimum atomic E-state index is -4.24. The lowest BCUT2D eigenvalue weighted by atomic mass is 10.3. The Morgan fingerprint density at radius 3 is 2.00 bits per heavy atom. The van der Waals surface area contributed by atoms with Crippen LogP contribution in [0.25, 0.3) is 0 Å². The number of nitrogens with zero attached hydrogens (tertiary/aromatic N) is 1. The third-order valence-electron chi connectivity index (χ3n) is 1.48. The van der Waals surface area contributed by atoms with Gasteiger partial charge in [0.1, 0.15) is 6.67 Å². The molecule has 0 rings (SSSR count). The van der Waals surface area contributed by atoms with Gasteiger partial charge in [-0.05, 0) is 13.8 Å². The molecule has 0 atom stereocenters. The summed E-state index contributed by atoms with van der Waals surface area (Å²) in [7, 11) is 0. The largest absolute Gasteiger partial charge is 0.401 e. The molecule has 0 bridgehead atoms. The zero-order valence-corrected chi connectivity index (χ0v) is 7.16. The summed E-state index contributed by atoms with van der Waals surface area (Å²) < 4.78 is 47.2. The van der Waals surface area contributed by atoms with Crippen LogP contribution in [-0.4, -0.2) is 36.9 Å². The maximum Gasteiger partial charge on any atom is 0.401 e. The first-order chi connectivity index (χ1) is 5.37. The summed E-state index contributed by atoms with van der Waals surface area (Å²) in [6.07, 6.45) is -4.24. The first kappa shape index (κ1) is 11.7. The van der Waals surface area contributed by atoms with Gasteiger partial charge in [-0.15, -0.1) is 0 Å². The molecule has 74 valence electrons. The van der Waals surface area contributed by atoms with Crippen molar-refractivity contribution in [3.05, 3.63) is 0 Å². The molecular weight excluding hydrogens is 174 g/mol. The third-order valence-corrected chi connectivity index (χ3v) is 1.48. The van der Waals surface area contributed by atoms with Crippen molar-refractivity contribution >= 4 is 0 Å². The Morgan fingerprint density at radius 1 is 1.25 bits per heavy atom. The average Bonchev–Trinajstić information content (AvgIpc) is 1.83. The second kappa shape index (κ2) is 4.64. The van der Waals surface area contributed by atoms with Gasteiger partial charge in [-0.3, -0.25) is 4.90 Å². The Morgan fingerprint density at radius 2 is 1.75 bits per heavy atom. The van der Waals surface area contributed by atoms with Gasteiger partial charge in [-0.25, -0.2) is 4.39 Å². The van der Waals surface area contributed by atoms with Crippen molar-refractivity contribution in [3.8, 4) is 0 Å². The van der Waals surface area contributed by atoms with E-state index >= 15 is 0 Å². The normalized spacial score (nSPS) is 13.0. The van der Waals surface area contributed by atoms with E-state index in [-0.39, 0.29) is 12.6 Å². The molecule has 0 aliphatic heterocycles. The predicted molar refractivity (Wildman–Crippen MR) is 38.7 cm³/mol. The summed E-state index contributed by atoms with van der Waals surface area (Å²) in [4.78, 5) is 1.06. The molecule has 0 fully saturated rings. The molecule has 0 aromatic rings. The van der Waals surface area contributed by atoms with E-state index in [1.165, 1.54) is 0 Å². The standard InChI is InChI=1S/C7H13F4N/c1-6(2)12(4-3-8)5-7(9,10)11/h6H,3-5H2,1-2H3. The summed E-state index contributed by atoms with van der Waals surface area (Å²) in [6.45, 7) is 1.29. The number of halogens is 4. The molecule has 0 spiro atoms. The highest BCUT2D eigenvalue weighted by molar-refractivity contribution is 4.66. The molecule has 12 heavy (non-hydrogen) atoms. The molecule has 0 amide bonds. The second-order valence-electron chi connectivity index (χ2n) is 2.87. The minimum absolute atomic E-state index is 0.156. The molecule has 0 aromatic heterocycles. The van der Waals surface area contributed by atoms with Gasteiger partial charge in [-0.1, -0.05) is 0 Å². The van der Waals surface area contributed by atoms with Gasteiger partial charge in [0.15, 0.2) is 0 Å². The van der Waals surface area contributed by atoms with E-state index in [0.717, 1.165) is 4.90 Å². The average molecular weight is 187 g/mol. The van der Waals surface area contributed by atoms with Crippen molar-refractivity contribution in [3.63, 3.8) is 0 Å². The first-order valence-electron chi connectivity index (χ1n) is 3.73. The number of alkyl halides is 4. The van der Waals surface area contributed by atoms with Gasteiger partial charge in [-0.2, -0.15) is 13.2 Å². The molecule has 0 saturated heterocycles. The van der Waals surface area contributed by atoms with E-state index in [1.54, 1.807) is 13.8 Å². The Labute approximate surface area is 69.4 Å². The van der Waals surface area contributed by atoms with Crippen molar-refractivity contribution < 1.29 is 17.6 Å². The molecule has 0 unspecified atom stereocenters. The fourth-order valence-electron chi connectivity index (χ4n) is 0.859. The number of hydrogen-bond donors (Lipinski definition) is 0. The summed E-state index contributed by atoms with van der Waals surface area (Å²) in [5.41, 5.74) is 0. The number of rotatable bonds is 4.